The van der Waals surface area contributed by atoms with E-state index in [0.29, 0.717) is 18.1 Å². The van der Waals surface area contributed by atoms with Crippen molar-refractivity contribution in [3.63, 3.8) is 0 Å². The molecule has 132 valence electrons. The lowest BCUT2D eigenvalue weighted by molar-refractivity contribution is -0.130. The Morgan fingerprint density at radius 3 is 2.40 bits per heavy atom. The van der Waals surface area contributed by atoms with Gasteiger partial charge in [-0.2, -0.15) is 0 Å². The maximum atomic E-state index is 13.8. The van der Waals surface area contributed by atoms with Crippen LogP contribution >= 0.6 is 11.6 Å². The van der Waals surface area contributed by atoms with Gasteiger partial charge in [-0.1, -0.05) is 17.7 Å². The Hall–Kier alpha value is -2.27. The Kier molecular flexibility index (Phi) is 5.43. The number of carbonyl (C=O) groups excluding carboxylic acids is 1. The van der Waals surface area contributed by atoms with Crippen LogP contribution in [0.1, 0.15) is 5.56 Å². The van der Waals surface area contributed by atoms with Crippen LogP contribution in [0.15, 0.2) is 42.5 Å². The summed E-state index contributed by atoms with van der Waals surface area (Å²) in [4.78, 5) is 16.5. The van der Waals surface area contributed by atoms with Crippen molar-refractivity contribution < 1.29 is 13.9 Å². The van der Waals surface area contributed by atoms with E-state index < -0.39 is 5.82 Å². The van der Waals surface area contributed by atoms with Crippen molar-refractivity contribution in [3.05, 3.63) is 58.9 Å². The van der Waals surface area contributed by atoms with Crippen molar-refractivity contribution in [1.29, 1.82) is 0 Å². The maximum absolute atomic E-state index is 13.8. The third-order valence-electron chi connectivity index (χ3n) is 4.46. The first-order valence-electron chi connectivity index (χ1n) is 8.18. The van der Waals surface area contributed by atoms with Gasteiger partial charge >= 0.3 is 0 Å². The lowest BCUT2D eigenvalue weighted by Gasteiger charge is -2.36. The number of rotatable bonds is 4. The van der Waals surface area contributed by atoms with Crippen LogP contribution < -0.4 is 9.64 Å². The molecule has 3 rings (SSSR count). The summed E-state index contributed by atoms with van der Waals surface area (Å²) in [5.41, 5.74) is 1.37. The van der Waals surface area contributed by atoms with Crippen LogP contribution in [0, 0.1) is 5.82 Å². The molecule has 2 aromatic rings. The molecule has 0 unspecified atom stereocenters. The molecular weight excluding hydrogens is 343 g/mol. The predicted molar refractivity (Wildman–Crippen MR) is 96.9 cm³/mol. The van der Waals surface area contributed by atoms with Crippen molar-refractivity contribution in [3.8, 4) is 5.75 Å². The van der Waals surface area contributed by atoms with Gasteiger partial charge in [0.05, 0.1) is 13.5 Å². The summed E-state index contributed by atoms with van der Waals surface area (Å²) in [6.07, 6.45) is -0.00591. The number of nitrogens with zero attached hydrogens (tertiary/aromatic N) is 2. The molecular formula is C19H20ClFN2O2. The van der Waals surface area contributed by atoms with E-state index in [0.717, 1.165) is 24.5 Å². The van der Waals surface area contributed by atoms with E-state index in [1.165, 1.54) is 6.07 Å². The van der Waals surface area contributed by atoms with Gasteiger partial charge in [-0.15, -0.1) is 0 Å². The van der Waals surface area contributed by atoms with Crippen molar-refractivity contribution in [1.82, 2.24) is 4.90 Å². The zero-order valence-electron chi connectivity index (χ0n) is 14.0. The second-order valence-corrected chi connectivity index (χ2v) is 6.35. The van der Waals surface area contributed by atoms with Crippen LogP contribution in [-0.4, -0.2) is 44.1 Å². The number of anilines is 1. The molecule has 0 aliphatic carbocycles. The van der Waals surface area contributed by atoms with Gasteiger partial charge in [0.2, 0.25) is 5.91 Å². The number of halogens is 2. The van der Waals surface area contributed by atoms with Gasteiger partial charge in [-0.3, -0.25) is 4.79 Å². The number of piperazine rings is 1. The standard InChI is InChI=1S/C19H20ClFN2O2/c1-25-15-7-5-14(6-8-15)22-9-11-23(12-10-22)19(24)13-16-17(20)3-2-4-18(16)21/h2-8H,9-13H2,1H3. The molecule has 0 bridgehead atoms. The van der Waals surface area contributed by atoms with E-state index in [4.69, 9.17) is 16.3 Å². The highest BCUT2D eigenvalue weighted by Gasteiger charge is 2.23. The highest BCUT2D eigenvalue weighted by molar-refractivity contribution is 6.31. The normalized spacial score (nSPS) is 14.5. The highest BCUT2D eigenvalue weighted by Crippen LogP contribution is 2.22. The van der Waals surface area contributed by atoms with E-state index in [-0.39, 0.29) is 17.9 Å². The molecule has 25 heavy (non-hydrogen) atoms. The summed E-state index contributed by atoms with van der Waals surface area (Å²) in [5, 5.41) is 0.296. The zero-order chi connectivity index (χ0) is 17.8. The van der Waals surface area contributed by atoms with Crippen LogP contribution in [0.5, 0.6) is 5.75 Å². The van der Waals surface area contributed by atoms with Crippen LogP contribution in [0.25, 0.3) is 0 Å². The Morgan fingerprint density at radius 2 is 1.80 bits per heavy atom. The Balaban J connectivity index is 1.59. The van der Waals surface area contributed by atoms with Gasteiger partial charge < -0.3 is 14.5 Å². The molecule has 1 amide bonds. The quantitative estimate of drug-likeness (QED) is 0.836. The first-order chi connectivity index (χ1) is 12.1. The second kappa shape index (κ2) is 7.74. The largest absolute Gasteiger partial charge is 0.497 e. The molecule has 2 aromatic carbocycles. The Bertz CT molecular complexity index is 723. The van der Waals surface area contributed by atoms with E-state index in [9.17, 15) is 9.18 Å². The number of hydrogen-bond donors (Lipinski definition) is 0. The average molecular weight is 363 g/mol. The molecule has 6 heteroatoms. The summed E-state index contributed by atoms with van der Waals surface area (Å²) >= 11 is 6.01. The molecule has 1 aliphatic heterocycles. The van der Waals surface area contributed by atoms with Crippen molar-refractivity contribution in [2.45, 2.75) is 6.42 Å². The fourth-order valence-electron chi connectivity index (χ4n) is 2.97. The lowest BCUT2D eigenvalue weighted by atomic mass is 10.1. The first-order valence-corrected chi connectivity index (χ1v) is 8.56. The molecule has 1 fully saturated rings. The van der Waals surface area contributed by atoms with E-state index >= 15 is 0 Å². The molecule has 1 heterocycles. The molecule has 1 saturated heterocycles. The van der Waals surface area contributed by atoms with Gasteiger partial charge in [0.1, 0.15) is 11.6 Å². The number of carbonyl (C=O) groups is 1. The third kappa shape index (κ3) is 4.04. The maximum Gasteiger partial charge on any atom is 0.227 e. The van der Waals surface area contributed by atoms with Gasteiger partial charge in [0, 0.05) is 42.5 Å². The summed E-state index contributed by atoms with van der Waals surface area (Å²) in [6.45, 7) is 2.69. The second-order valence-electron chi connectivity index (χ2n) is 5.94. The lowest BCUT2D eigenvalue weighted by Crippen LogP contribution is -2.49. The smallest absolute Gasteiger partial charge is 0.227 e. The molecule has 0 radical (unpaired) electrons. The third-order valence-corrected chi connectivity index (χ3v) is 4.81. The summed E-state index contributed by atoms with van der Waals surface area (Å²) < 4.78 is 19.0. The van der Waals surface area contributed by atoms with Gasteiger partial charge in [0.15, 0.2) is 0 Å². The summed E-state index contributed by atoms with van der Waals surface area (Å²) in [7, 11) is 1.64. The average Bonchev–Trinajstić information content (AvgIpc) is 2.65. The molecule has 0 aromatic heterocycles. The number of ether oxygens (including phenoxy) is 1. The first kappa shape index (κ1) is 17.5. The van der Waals surface area contributed by atoms with E-state index in [1.807, 2.05) is 24.3 Å². The number of hydrogen-bond acceptors (Lipinski definition) is 3. The molecule has 4 nitrogen and oxygen atoms in total. The number of benzene rings is 2. The monoisotopic (exact) mass is 362 g/mol. The SMILES string of the molecule is COc1ccc(N2CCN(C(=O)Cc3c(F)cccc3Cl)CC2)cc1. The fourth-order valence-corrected chi connectivity index (χ4v) is 3.20. The van der Waals surface area contributed by atoms with E-state index in [2.05, 4.69) is 4.90 Å². The molecule has 0 spiro atoms. The fraction of sp³-hybridized carbons (Fsp3) is 0.316. The Morgan fingerprint density at radius 1 is 1.12 bits per heavy atom. The van der Waals surface area contributed by atoms with Crippen molar-refractivity contribution >= 4 is 23.2 Å². The summed E-state index contributed by atoms with van der Waals surface area (Å²) in [6, 6.07) is 12.3. The van der Waals surface area contributed by atoms with Crippen LogP contribution in [-0.2, 0) is 11.2 Å². The molecule has 0 N–H and O–H groups in total. The van der Waals surface area contributed by atoms with Gasteiger partial charge in [0.25, 0.3) is 0 Å². The summed E-state index contributed by atoms with van der Waals surface area (Å²) in [5.74, 6) is 0.290. The number of methoxy groups -OCH3 is 1. The highest BCUT2D eigenvalue weighted by atomic mass is 35.5. The van der Waals surface area contributed by atoms with Crippen molar-refractivity contribution in [2.75, 3.05) is 38.2 Å². The van der Waals surface area contributed by atoms with Crippen molar-refractivity contribution in [2.24, 2.45) is 0 Å². The van der Waals surface area contributed by atoms with Crippen LogP contribution in [0.4, 0.5) is 10.1 Å². The molecule has 0 atom stereocenters. The minimum absolute atomic E-state index is 0.00591. The minimum Gasteiger partial charge on any atom is -0.497 e. The predicted octanol–water partition coefficient (Wildman–Crippen LogP) is 3.38. The van der Waals surface area contributed by atoms with Gasteiger partial charge in [-0.25, -0.2) is 4.39 Å². The zero-order valence-corrected chi connectivity index (χ0v) is 14.8. The van der Waals surface area contributed by atoms with Crippen LogP contribution in [0.3, 0.4) is 0 Å². The molecule has 1 aliphatic rings. The minimum atomic E-state index is -0.433. The van der Waals surface area contributed by atoms with E-state index in [1.54, 1.807) is 24.1 Å². The molecule has 0 saturated carbocycles. The Labute approximate surface area is 151 Å². The number of amides is 1. The van der Waals surface area contributed by atoms with Crippen LogP contribution in [0.2, 0.25) is 5.02 Å². The topological polar surface area (TPSA) is 32.8 Å². The van der Waals surface area contributed by atoms with Gasteiger partial charge in [-0.05, 0) is 36.4 Å².